The Morgan fingerprint density at radius 1 is 1.28 bits per heavy atom. The van der Waals surface area contributed by atoms with Gasteiger partial charge in [-0.3, -0.25) is 4.79 Å². The zero-order valence-electron chi connectivity index (χ0n) is 9.56. The van der Waals surface area contributed by atoms with Crippen LogP contribution in [0.15, 0.2) is 50.3 Å². The van der Waals surface area contributed by atoms with Crippen LogP contribution in [-0.2, 0) is 13.2 Å². The number of hydrogen-bond donors (Lipinski definition) is 1. The molecule has 0 amide bonds. The maximum Gasteiger partial charge on any atom is 0.227 e. The summed E-state index contributed by atoms with van der Waals surface area (Å²) < 4.78 is 11.5. The fourth-order valence-corrected chi connectivity index (χ4v) is 1.66. The second-order valence-electron chi connectivity index (χ2n) is 3.69. The summed E-state index contributed by atoms with van der Waals surface area (Å²) >= 11 is 3.35. The first-order valence-electron chi connectivity index (χ1n) is 5.38. The van der Waals surface area contributed by atoms with Crippen molar-refractivity contribution in [2.75, 3.05) is 0 Å². The van der Waals surface area contributed by atoms with Gasteiger partial charge in [0.15, 0.2) is 0 Å². The van der Waals surface area contributed by atoms with E-state index in [2.05, 4.69) is 15.9 Å². The van der Waals surface area contributed by atoms with Gasteiger partial charge < -0.3 is 14.9 Å². The molecule has 1 heterocycles. The molecule has 4 nitrogen and oxygen atoms in total. The van der Waals surface area contributed by atoms with E-state index in [9.17, 15) is 4.79 Å². The summed E-state index contributed by atoms with van der Waals surface area (Å²) in [5, 5.41) is 0. The Hall–Kier alpha value is -1.59. The van der Waals surface area contributed by atoms with E-state index < -0.39 is 0 Å². The van der Waals surface area contributed by atoms with Crippen LogP contribution in [0.3, 0.4) is 0 Å². The van der Waals surface area contributed by atoms with Crippen LogP contribution in [0.4, 0.5) is 0 Å². The lowest BCUT2D eigenvalue weighted by Crippen LogP contribution is -2.09. The van der Waals surface area contributed by atoms with Crippen LogP contribution in [0.1, 0.15) is 11.3 Å². The topological polar surface area (TPSA) is 65.5 Å². The average Bonchev–Trinajstić information content (AvgIpc) is 2.39. The van der Waals surface area contributed by atoms with E-state index >= 15 is 0 Å². The minimum Gasteiger partial charge on any atom is -0.482 e. The fourth-order valence-electron chi connectivity index (χ4n) is 1.39. The third-order valence-corrected chi connectivity index (χ3v) is 2.89. The van der Waals surface area contributed by atoms with Gasteiger partial charge in [0, 0.05) is 10.5 Å². The highest BCUT2D eigenvalue weighted by Gasteiger charge is 2.04. The van der Waals surface area contributed by atoms with Crippen LogP contribution in [0, 0.1) is 0 Å². The van der Waals surface area contributed by atoms with Crippen LogP contribution >= 0.6 is 15.9 Å². The van der Waals surface area contributed by atoms with Gasteiger partial charge in [-0.05, 0) is 17.7 Å². The van der Waals surface area contributed by atoms with Crippen LogP contribution in [-0.4, -0.2) is 0 Å². The fraction of sp³-hybridized carbons (Fsp3) is 0.154. The summed E-state index contributed by atoms with van der Waals surface area (Å²) in [6.07, 6.45) is 1.30. The molecule has 94 valence electrons. The number of rotatable bonds is 4. The molecule has 1 aromatic heterocycles. The molecule has 0 atom stereocenters. The summed E-state index contributed by atoms with van der Waals surface area (Å²) in [6, 6.07) is 9.01. The summed E-state index contributed by atoms with van der Waals surface area (Å²) in [4.78, 5) is 11.6. The van der Waals surface area contributed by atoms with Crippen molar-refractivity contribution < 1.29 is 9.15 Å². The van der Waals surface area contributed by atoms with E-state index in [1.54, 1.807) is 0 Å². The van der Waals surface area contributed by atoms with Gasteiger partial charge >= 0.3 is 0 Å². The van der Waals surface area contributed by atoms with Crippen molar-refractivity contribution in [2.45, 2.75) is 13.2 Å². The highest BCUT2D eigenvalue weighted by Crippen LogP contribution is 2.13. The quantitative estimate of drug-likeness (QED) is 0.942. The van der Waals surface area contributed by atoms with Crippen LogP contribution < -0.4 is 15.9 Å². The maximum absolute atomic E-state index is 11.6. The Labute approximate surface area is 113 Å². The minimum absolute atomic E-state index is 0.190. The molecule has 0 fully saturated rings. The molecule has 0 radical (unpaired) electrons. The molecule has 0 bridgehead atoms. The smallest absolute Gasteiger partial charge is 0.227 e. The molecule has 0 saturated heterocycles. The van der Waals surface area contributed by atoms with Crippen molar-refractivity contribution >= 4 is 15.9 Å². The first kappa shape index (κ1) is 12.9. The molecular weight excluding hydrogens is 298 g/mol. The molecule has 5 heteroatoms. The molecule has 0 aliphatic rings. The lowest BCUT2D eigenvalue weighted by Gasteiger charge is -2.05. The summed E-state index contributed by atoms with van der Waals surface area (Å²) in [5.41, 5.74) is 6.12. The number of benzene rings is 1. The maximum atomic E-state index is 11.6. The van der Waals surface area contributed by atoms with Crippen LogP contribution in [0.2, 0.25) is 0 Å². The lowest BCUT2D eigenvalue weighted by molar-refractivity contribution is 0.289. The lowest BCUT2D eigenvalue weighted by atomic mass is 10.2. The molecule has 0 spiro atoms. The van der Waals surface area contributed by atoms with E-state index in [0.29, 0.717) is 12.4 Å². The first-order valence-corrected chi connectivity index (χ1v) is 6.17. The predicted molar refractivity (Wildman–Crippen MR) is 71.3 cm³/mol. The van der Waals surface area contributed by atoms with Gasteiger partial charge in [-0.25, -0.2) is 0 Å². The Morgan fingerprint density at radius 3 is 2.61 bits per heavy atom. The molecule has 0 aliphatic carbocycles. The average molecular weight is 310 g/mol. The van der Waals surface area contributed by atoms with Crippen molar-refractivity contribution in [2.24, 2.45) is 5.73 Å². The first-order chi connectivity index (χ1) is 8.69. The third-order valence-electron chi connectivity index (χ3n) is 2.36. The van der Waals surface area contributed by atoms with E-state index in [4.69, 9.17) is 14.9 Å². The summed E-state index contributed by atoms with van der Waals surface area (Å²) in [5.74, 6) is 0.631. The van der Waals surface area contributed by atoms with Gasteiger partial charge in [-0.2, -0.15) is 0 Å². The largest absolute Gasteiger partial charge is 0.482 e. The van der Waals surface area contributed by atoms with Gasteiger partial charge in [0.25, 0.3) is 0 Å². The highest BCUT2D eigenvalue weighted by molar-refractivity contribution is 9.10. The van der Waals surface area contributed by atoms with Crippen molar-refractivity contribution in [3.05, 3.63) is 62.6 Å². The number of nitrogens with two attached hydrogens (primary N) is 1. The van der Waals surface area contributed by atoms with Gasteiger partial charge in [0.1, 0.15) is 18.6 Å². The predicted octanol–water partition coefficient (Wildman–Crippen LogP) is 2.44. The second-order valence-corrected chi connectivity index (χ2v) is 4.61. The SMILES string of the molecule is NCc1cc(=O)c(OCc2ccc(Br)cc2)co1. The van der Waals surface area contributed by atoms with Gasteiger partial charge in [-0.1, -0.05) is 28.1 Å². The van der Waals surface area contributed by atoms with Crippen LogP contribution in [0.5, 0.6) is 5.75 Å². The molecule has 0 aliphatic heterocycles. The van der Waals surface area contributed by atoms with Crippen molar-refractivity contribution in [3.8, 4) is 5.75 Å². The third kappa shape index (κ3) is 3.21. The zero-order chi connectivity index (χ0) is 13.0. The Morgan fingerprint density at radius 2 is 2.00 bits per heavy atom. The summed E-state index contributed by atoms with van der Waals surface area (Å²) in [6.45, 7) is 0.516. The molecule has 2 N–H and O–H groups in total. The molecule has 2 aromatic rings. The Bertz CT molecular complexity index is 578. The van der Waals surface area contributed by atoms with Crippen molar-refractivity contribution in [1.29, 1.82) is 0 Å². The van der Waals surface area contributed by atoms with Crippen LogP contribution in [0.25, 0.3) is 0 Å². The van der Waals surface area contributed by atoms with Gasteiger partial charge in [0.2, 0.25) is 11.2 Å². The van der Waals surface area contributed by atoms with E-state index in [1.165, 1.54) is 12.3 Å². The standard InChI is InChI=1S/C13H12BrNO3/c14-10-3-1-9(2-4-10)7-18-13-8-17-11(6-15)5-12(13)16/h1-5,8H,6-7,15H2. The Balaban J connectivity index is 2.06. The molecule has 0 saturated carbocycles. The normalized spacial score (nSPS) is 10.3. The Kier molecular flexibility index (Phi) is 4.17. The van der Waals surface area contributed by atoms with Gasteiger partial charge in [-0.15, -0.1) is 0 Å². The highest BCUT2D eigenvalue weighted by atomic mass is 79.9. The number of hydrogen-bond acceptors (Lipinski definition) is 4. The molecule has 0 unspecified atom stereocenters. The minimum atomic E-state index is -0.223. The van der Waals surface area contributed by atoms with Crippen molar-refractivity contribution in [3.63, 3.8) is 0 Å². The molecule has 2 rings (SSSR count). The molecule has 1 aromatic carbocycles. The van der Waals surface area contributed by atoms with E-state index in [-0.39, 0.29) is 17.7 Å². The second kappa shape index (κ2) is 5.84. The summed E-state index contributed by atoms with van der Waals surface area (Å²) in [7, 11) is 0. The van der Waals surface area contributed by atoms with Gasteiger partial charge in [0.05, 0.1) is 6.54 Å². The number of ether oxygens (including phenoxy) is 1. The number of halogens is 1. The van der Waals surface area contributed by atoms with E-state index in [1.807, 2.05) is 24.3 Å². The molecule has 18 heavy (non-hydrogen) atoms. The van der Waals surface area contributed by atoms with Crippen molar-refractivity contribution in [1.82, 2.24) is 0 Å². The molecular formula is C13H12BrNO3. The van der Waals surface area contributed by atoms with E-state index in [0.717, 1.165) is 10.0 Å². The zero-order valence-corrected chi connectivity index (χ0v) is 11.1. The monoisotopic (exact) mass is 309 g/mol.